The maximum atomic E-state index is 12.7. The zero-order chi connectivity index (χ0) is 19.7. The van der Waals surface area contributed by atoms with Crippen LogP contribution in [-0.4, -0.2) is 34.6 Å². The topological polar surface area (TPSA) is 101 Å². The minimum Gasteiger partial charge on any atom is -0.416 e. The van der Waals surface area contributed by atoms with Gasteiger partial charge in [-0.3, -0.25) is 13.9 Å². The van der Waals surface area contributed by atoms with Crippen molar-refractivity contribution in [2.24, 2.45) is 14.1 Å². The normalized spacial score (nSPS) is 15.5. The largest absolute Gasteiger partial charge is 0.416 e. The summed E-state index contributed by atoms with van der Waals surface area (Å²) in [6.07, 6.45) is 8.16. The maximum Gasteiger partial charge on any atom is 0.332 e. The van der Waals surface area contributed by atoms with E-state index in [0.29, 0.717) is 41.0 Å². The van der Waals surface area contributed by atoms with Crippen LogP contribution >= 0.6 is 11.8 Å². The predicted octanol–water partition coefficient (Wildman–Crippen LogP) is 2.05. The molecule has 1 aliphatic carbocycles. The molecule has 0 aromatic carbocycles. The molecule has 28 heavy (non-hydrogen) atoms. The first-order chi connectivity index (χ1) is 13.6. The summed E-state index contributed by atoms with van der Waals surface area (Å²) in [7, 11) is 3.38. The Labute approximate surface area is 165 Å². The van der Waals surface area contributed by atoms with Gasteiger partial charge in [0, 0.05) is 32.3 Å². The van der Waals surface area contributed by atoms with Crippen molar-refractivity contribution < 1.29 is 4.42 Å². The monoisotopic (exact) mass is 404 g/mol. The molecule has 0 bridgehead atoms. The lowest BCUT2D eigenvalue weighted by Crippen LogP contribution is -2.39. The van der Waals surface area contributed by atoms with Crippen molar-refractivity contribution in [3.05, 3.63) is 33.1 Å². The van der Waals surface area contributed by atoms with Crippen LogP contribution in [0.15, 0.2) is 25.6 Å². The second kappa shape index (κ2) is 7.94. The first kappa shape index (κ1) is 19.0. The fourth-order valence-electron chi connectivity index (χ4n) is 3.77. The van der Waals surface area contributed by atoms with Crippen molar-refractivity contribution in [2.75, 3.05) is 5.75 Å². The lowest BCUT2D eigenvalue weighted by atomic mass is 9.89. The number of thioether (sulfide) groups is 1. The van der Waals surface area contributed by atoms with E-state index in [1.165, 1.54) is 40.2 Å². The molecule has 0 unspecified atom stereocenters. The second-order valence-corrected chi connectivity index (χ2v) is 8.32. The Morgan fingerprint density at radius 2 is 1.96 bits per heavy atom. The van der Waals surface area contributed by atoms with Gasteiger partial charge in [0.25, 0.3) is 10.8 Å². The first-order valence-electron chi connectivity index (χ1n) is 9.63. The van der Waals surface area contributed by atoms with Crippen molar-refractivity contribution in [1.82, 2.24) is 28.9 Å². The number of nitrogens with zero attached hydrogens (tertiary/aromatic N) is 6. The van der Waals surface area contributed by atoms with E-state index in [9.17, 15) is 9.59 Å². The molecule has 9 nitrogen and oxygen atoms in total. The van der Waals surface area contributed by atoms with Crippen LogP contribution in [0.25, 0.3) is 11.2 Å². The summed E-state index contributed by atoms with van der Waals surface area (Å²) < 4.78 is 10.1. The minimum atomic E-state index is -0.349. The molecule has 0 saturated heterocycles. The lowest BCUT2D eigenvalue weighted by Gasteiger charge is -2.17. The SMILES string of the molecule is Cn1cnc2c1c(=O)n(CCCSc1nnc(C3CCCCC3)o1)c(=O)n2C. The number of hydrogen-bond acceptors (Lipinski definition) is 7. The zero-order valence-corrected chi connectivity index (χ0v) is 16.9. The van der Waals surface area contributed by atoms with E-state index in [1.807, 2.05) is 0 Å². The summed E-state index contributed by atoms with van der Waals surface area (Å²) in [6.45, 7) is 0.337. The van der Waals surface area contributed by atoms with Crippen LogP contribution in [0.4, 0.5) is 0 Å². The van der Waals surface area contributed by atoms with Gasteiger partial charge in [-0.05, 0) is 19.3 Å². The molecular weight excluding hydrogens is 380 g/mol. The van der Waals surface area contributed by atoms with Crippen LogP contribution in [0.3, 0.4) is 0 Å². The summed E-state index contributed by atoms with van der Waals surface area (Å²) in [5, 5.41) is 8.89. The van der Waals surface area contributed by atoms with Crippen LogP contribution in [0.2, 0.25) is 0 Å². The molecule has 3 aromatic heterocycles. The molecule has 0 spiro atoms. The van der Waals surface area contributed by atoms with E-state index >= 15 is 0 Å². The molecule has 1 fully saturated rings. The van der Waals surface area contributed by atoms with E-state index < -0.39 is 0 Å². The van der Waals surface area contributed by atoms with Gasteiger partial charge in [0.1, 0.15) is 0 Å². The second-order valence-electron chi connectivity index (χ2n) is 7.27. The fraction of sp³-hybridized carbons (Fsp3) is 0.611. The van der Waals surface area contributed by atoms with Crippen LogP contribution in [0, 0.1) is 0 Å². The number of aryl methyl sites for hydroxylation is 2. The van der Waals surface area contributed by atoms with E-state index in [4.69, 9.17) is 4.42 Å². The smallest absolute Gasteiger partial charge is 0.332 e. The Kier molecular flexibility index (Phi) is 5.38. The highest BCUT2D eigenvalue weighted by atomic mass is 32.2. The van der Waals surface area contributed by atoms with Crippen molar-refractivity contribution in [1.29, 1.82) is 0 Å². The van der Waals surface area contributed by atoms with E-state index in [-0.39, 0.29) is 11.2 Å². The maximum absolute atomic E-state index is 12.7. The van der Waals surface area contributed by atoms with E-state index in [2.05, 4.69) is 15.2 Å². The fourth-order valence-corrected chi connectivity index (χ4v) is 4.46. The highest BCUT2D eigenvalue weighted by Gasteiger charge is 2.21. The Bertz CT molecular complexity index is 1090. The Morgan fingerprint density at radius 1 is 1.18 bits per heavy atom. The summed E-state index contributed by atoms with van der Waals surface area (Å²) in [5.41, 5.74) is 0.187. The van der Waals surface area contributed by atoms with Crippen LogP contribution < -0.4 is 11.2 Å². The number of rotatable bonds is 6. The van der Waals surface area contributed by atoms with Gasteiger partial charge < -0.3 is 8.98 Å². The van der Waals surface area contributed by atoms with Gasteiger partial charge in [0.05, 0.1) is 6.33 Å². The van der Waals surface area contributed by atoms with E-state index in [0.717, 1.165) is 18.7 Å². The average molecular weight is 404 g/mol. The van der Waals surface area contributed by atoms with Crippen molar-refractivity contribution in [2.45, 2.75) is 56.2 Å². The summed E-state index contributed by atoms with van der Waals surface area (Å²) in [5.74, 6) is 1.82. The average Bonchev–Trinajstić information content (AvgIpc) is 3.33. The standard InChI is InChI=1S/C18H24N6O3S/c1-22-11-19-14-13(22)16(25)24(18(26)23(14)2)9-6-10-28-17-21-20-15(27-17)12-7-4-3-5-8-12/h11-12H,3-10H2,1-2H3. The third-order valence-electron chi connectivity index (χ3n) is 5.33. The first-order valence-corrected chi connectivity index (χ1v) is 10.6. The van der Waals surface area contributed by atoms with Gasteiger partial charge in [-0.25, -0.2) is 9.78 Å². The number of aromatic nitrogens is 6. The summed E-state index contributed by atoms with van der Waals surface area (Å²) in [6, 6.07) is 0. The Morgan fingerprint density at radius 3 is 2.75 bits per heavy atom. The molecule has 150 valence electrons. The van der Waals surface area contributed by atoms with E-state index in [1.54, 1.807) is 25.0 Å². The molecule has 3 aromatic rings. The zero-order valence-electron chi connectivity index (χ0n) is 16.1. The highest BCUT2D eigenvalue weighted by Crippen LogP contribution is 2.32. The molecule has 1 aliphatic rings. The molecule has 3 heterocycles. The van der Waals surface area contributed by atoms with Gasteiger partial charge in [-0.15, -0.1) is 10.2 Å². The van der Waals surface area contributed by atoms with Crippen LogP contribution in [0.5, 0.6) is 0 Å². The summed E-state index contributed by atoms with van der Waals surface area (Å²) in [4.78, 5) is 29.3. The number of imidazole rings is 1. The molecule has 0 aliphatic heterocycles. The molecule has 0 radical (unpaired) electrons. The molecule has 1 saturated carbocycles. The third-order valence-corrected chi connectivity index (χ3v) is 6.23. The molecule has 0 atom stereocenters. The Balaban J connectivity index is 1.39. The van der Waals surface area contributed by atoms with Crippen molar-refractivity contribution >= 4 is 22.9 Å². The minimum absolute atomic E-state index is 0.305. The third kappa shape index (κ3) is 3.52. The summed E-state index contributed by atoms with van der Waals surface area (Å²) >= 11 is 1.47. The number of fused-ring (bicyclic) bond motifs is 1. The lowest BCUT2D eigenvalue weighted by molar-refractivity contribution is 0.334. The van der Waals surface area contributed by atoms with Crippen LogP contribution in [0.1, 0.15) is 50.3 Å². The Hall–Kier alpha value is -2.36. The van der Waals surface area contributed by atoms with Crippen molar-refractivity contribution in [3.63, 3.8) is 0 Å². The molecule has 10 heteroatoms. The van der Waals surface area contributed by atoms with Gasteiger partial charge >= 0.3 is 5.69 Å². The van der Waals surface area contributed by atoms with Gasteiger partial charge in [-0.2, -0.15) is 0 Å². The van der Waals surface area contributed by atoms with Crippen molar-refractivity contribution in [3.8, 4) is 0 Å². The highest BCUT2D eigenvalue weighted by molar-refractivity contribution is 7.99. The quantitative estimate of drug-likeness (QED) is 0.458. The van der Waals surface area contributed by atoms with Gasteiger partial charge in [0.2, 0.25) is 5.89 Å². The molecular formula is C18H24N6O3S. The number of hydrogen-bond donors (Lipinski definition) is 0. The van der Waals surface area contributed by atoms with Crippen LogP contribution in [-0.2, 0) is 20.6 Å². The van der Waals surface area contributed by atoms with Gasteiger partial charge in [0.15, 0.2) is 11.2 Å². The van der Waals surface area contributed by atoms with Gasteiger partial charge in [-0.1, -0.05) is 31.0 Å². The predicted molar refractivity (Wildman–Crippen MR) is 106 cm³/mol. The molecule has 4 rings (SSSR count). The molecule has 0 N–H and O–H groups in total. The molecule has 0 amide bonds.